The van der Waals surface area contributed by atoms with E-state index in [0.717, 1.165) is 24.3 Å². The van der Waals surface area contributed by atoms with Crippen molar-refractivity contribution in [1.82, 2.24) is 0 Å². The maximum Gasteiger partial charge on any atom is 0.417 e. The van der Waals surface area contributed by atoms with Crippen LogP contribution in [0.5, 0.6) is 5.75 Å². The first-order valence-corrected chi connectivity index (χ1v) is 7.61. The van der Waals surface area contributed by atoms with Crippen molar-refractivity contribution in [2.75, 3.05) is 6.79 Å². The van der Waals surface area contributed by atoms with E-state index in [4.69, 9.17) is 14.2 Å². The Morgan fingerprint density at radius 2 is 2.00 bits per heavy atom. The van der Waals surface area contributed by atoms with Crippen molar-refractivity contribution >= 4 is 11.7 Å². The molecule has 0 atom stereocenters. The Bertz CT molecular complexity index is 897. The number of benzene rings is 2. The molecule has 0 amide bonds. The Kier molecular flexibility index (Phi) is 5.00. The molecule has 10 heteroatoms. The van der Waals surface area contributed by atoms with Gasteiger partial charge < -0.3 is 14.2 Å². The smallest absolute Gasteiger partial charge is 0.417 e. The summed E-state index contributed by atoms with van der Waals surface area (Å²) < 4.78 is 54.4. The number of hydrogen-bond donors (Lipinski definition) is 0. The second kappa shape index (κ2) is 7.23. The highest BCUT2D eigenvalue weighted by Crippen LogP contribution is 2.34. The van der Waals surface area contributed by atoms with Crippen LogP contribution in [0.25, 0.3) is 0 Å². The lowest BCUT2D eigenvalue weighted by Crippen LogP contribution is -2.17. The first kappa shape index (κ1) is 18.6. The van der Waals surface area contributed by atoms with E-state index < -0.39 is 34.8 Å². The van der Waals surface area contributed by atoms with E-state index in [1.807, 2.05) is 0 Å². The molecule has 0 saturated carbocycles. The number of nitro groups is 1. The number of esters is 1. The number of rotatable bonds is 4. The molecule has 0 aliphatic carbocycles. The van der Waals surface area contributed by atoms with Crippen molar-refractivity contribution < 1.29 is 37.1 Å². The van der Waals surface area contributed by atoms with Gasteiger partial charge in [0.25, 0.3) is 5.69 Å². The van der Waals surface area contributed by atoms with Gasteiger partial charge in [0.1, 0.15) is 12.4 Å². The Labute approximate surface area is 150 Å². The van der Waals surface area contributed by atoms with Gasteiger partial charge in [-0.25, -0.2) is 4.79 Å². The zero-order valence-electron chi connectivity index (χ0n) is 13.6. The molecule has 0 spiro atoms. The number of ether oxygens (including phenoxy) is 3. The number of carbonyl (C=O) groups excluding carboxylic acids is 1. The summed E-state index contributed by atoms with van der Waals surface area (Å²) in [5.74, 6) is -0.945. The van der Waals surface area contributed by atoms with Crippen LogP contribution < -0.4 is 4.74 Å². The maximum atomic E-state index is 13.0. The molecule has 1 aliphatic rings. The van der Waals surface area contributed by atoms with E-state index in [9.17, 15) is 28.1 Å². The van der Waals surface area contributed by atoms with Crippen LogP contribution >= 0.6 is 0 Å². The number of nitrogens with zero attached hydrogens (tertiary/aromatic N) is 1. The molecule has 0 aromatic heterocycles. The van der Waals surface area contributed by atoms with E-state index in [1.54, 1.807) is 0 Å². The van der Waals surface area contributed by atoms with Crippen molar-refractivity contribution in [3.63, 3.8) is 0 Å². The second-order valence-corrected chi connectivity index (χ2v) is 5.58. The first-order chi connectivity index (χ1) is 12.8. The molecule has 142 valence electrons. The fourth-order valence-corrected chi connectivity index (χ4v) is 2.62. The zero-order chi connectivity index (χ0) is 19.6. The fraction of sp³-hybridized carbons (Fsp3) is 0.235. The van der Waals surface area contributed by atoms with E-state index >= 15 is 0 Å². The Morgan fingerprint density at radius 1 is 1.26 bits per heavy atom. The van der Waals surface area contributed by atoms with Gasteiger partial charge in [0, 0.05) is 23.3 Å². The summed E-state index contributed by atoms with van der Waals surface area (Å²) in [5.41, 5.74) is -1.49. The zero-order valence-corrected chi connectivity index (χ0v) is 13.6. The molecule has 7 nitrogen and oxygen atoms in total. The molecule has 0 unspecified atom stereocenters. The normalized spacial score (nSPS) is 13.4. The van der Waals surface area contributed by atoms with Gasteiger partial charge in [-0.05, 0) is 12.1 Å². The van der Waals surface area contributed by atoms with Crippen LogP contribution in [0.3, 0.4) is 0 Å². The van der Waals surface area contributed by atoms with Crippen molar-refractivity contribution in [2.45, 2.75) is 19.4 Å². The number of alkyl halides is 3. The molecule has 0 N–H and O–H groups in total. The number of halogens is 3. The first-order valence-electron chi connectivity index (χ1n) is 7.61. The minimum atomic E-state index is -4.72. The number of hydrogen-bond acceptors (Lipinski definition) is 6. The third-order valence-corrected chi connectivity index (χ3v) is 3.79. The van der Waals surface area contributed by atoms with E-state index in [2.05, 4.69) is 0 Å². The lowest BCUT2D eigenvalue weighted by atomic mass is 10.1. The van der Waals surface area contributed by atoms with E-state index in [-0.39, 0.29) is 30.4 Å². The Morgan fingerprint density at radius 3 is 2.70 bits per heavy atom. The van der Waals surface area contributed by atoms with E-state index in [1.165, 1.54) is 12.1 Å². The maximum absolute atomic E-state index is 13.0. The average Bonchev–Trinajstić information content (AvgIpc) is 2.64. The fourth-order valence-electron chi connectivity index (χ4n) is 2.62. The summed E-state index contributed by atoms with van der Waals surface area (Å²) in [7, 11) is 0. The minimum absolute atomic E-state index is 0.0644. The predicted octanol–water partition coefficient (Wildman–Crippen LogP) is 3.84. The van der Waals surface area contributed by atoms with Crippen LogP contribution in [0, 0.1) is 10.1 Å². The van der Waals surface area contributed by atoms with E-state index in [0.29, 0.717) is 5.56 Å². The number of non-ortho nitro benzene ring substituents is 1. The van der Waals surface area contributed by atoms with Gasteiger partial charge >= 0.3 is 12.1 Å². The molecule has 1 aliphatic heterocycles. The quantitative estimate of drug-likeness (QED) is 0.453. The Hall–Kier alpha value is -3.14. The summed E-state index contributed by atoms with van der Waals surface area (Å²) in [4.78, 5) is 22.6. The number of nitro benzene ring substituents is 1. The summed E-state index contributed by atoms with van der Waals surface area (Å²) in [5, 5.41) is 11.0. The summed E-state index contributed by atoms with van der Waals surface area (Å²) in [6, 6.07) is 6.61. The van der Waals surface area contributed by atoms with Gasteiger partial charge in [-0.3, -0.25) is 10.1 Å². The van der Waals surface area contributed by atoms with Crippen LogP contribution in [0.2, 0.25) is 0 Å². The average molecular weight is 383 g/mol. The monoisotopic (exact) mass is 383 g/mol. The predicted molar refractivity (Wildman–Crippen MR) is 83.9 cm³/mol. The lowest BCUT2D eigenvalue weighted by Gasteiger charge is -2.20. The van der Waals surface area contributed by atoms with Crippen molar-refractivity contribution in [1.29, 1.82) is 0 Å². The number of carbonyl (C=O) groups is 1. The Balaban J connectivity index is 1.86. The third kappa shape index (κ3) is 4.00. The van der Waals surface area contributed by atoms with Crippen molar-refractivity contribution in [2.24, 2.45) is 0 Å². The van der Waals surface area contributed by atoms with Crippen LogP contribution in [0.15, 0.2) is 36.4 Å². The lowest BCUT2D eigenvalue weighted by molar-refractivity contribution is -0.385. The molecule has 0 radical (unpaired) electrons. The molecule has 1 heterocycles. The van der Waals surface area contributed by atoms with Crippen LogP contribution in [-0.4, -0.2) is 17.7 Å². The molecule has 3 rings (SSSR count). The van der Waals surface area contributed by atoms with Crippen LogP contribution in [0.1, 0.15) is 27.0 Å². The molecule has 2 aromatic carbocycles. The molecule has 27 heavy (non-hydrogen) atoms. The van der Waals surface area contributed by atoms with Gasteiger partial charge in [0.05, 0.1) is 22.7 Å². The van der Waals surface area contributed by atoms with Gasteiger partial charge in [-0.2, -0.15) is 13.2 Å². The molecule has 0 bridgehead atoms. The summed E-state index contributed by atoms with van der Waals surface area (Å²) >= 11 is 0. The third-order valence-electron chi connectivity index (χ3n) is 3.79. The van der Waals surface area contributed by atoms with Crippen molar-refractivity contribution in [3.05, 3.63) is 68.8 Å². The molecule has 0 fully saturated rings. The van der Waals surface area contributed by atoms with Crippen molar-refractivity contribution in [3.8, 4) is 5.75 Å². The van der Waals surface area contributed by atoms with Gasteiger partial charge in [0.2, 0.25) is 0 Å². The molecular formula is C17H12F3NO6. The van der Waals surface area contributed by atoms with Gasteiger partial charge in [-0.15, -0.1) is 0 Å². The highest BCUT2D eigenvalue weighted by atomic mass is 19.4. The van der Waals surface area contributed by atoms with Crippen LogP contribution in [-0.2, 0) is 28.9 Å². The summed E-state index contributed by atoms with van der Waals surface area (Å²) in [6.07, 6.45) is -4.72. The largest absolute Gasteiger partial charge is 0.467 e. The second-order valence-electron chi connectivity index (χ2n) is 5.58. The molecule has 2 aromatic rings. The van der Waals surface area contributed by atoms with Gasteiger partial charge in [0.15, 0.2) is 6.79 Å². The number of fused-ring (bicyclic) bond motifs is 1. The van der Waals surface area contributed by atoms with Crippen LogP contribution in [0.4, 0.5) is 18.9 Å². The summed E-state index contributed by atoms with van der Waals surface area (Å²) in [6.45, 7) is -0.521. The minimum Gasteiger partial charge on any atom is -0.467 e. The SMILES string of the molecule is O=C(OCc1cc([N+](=O)[O-])cc2c1OCOC2)c1ccccc1C(F)(F)F. The topological polar surface area (TPSA) is 87.9 Å². The van der Waals surface area contributed by atoms with Gasteiger partial charge in [-0.1, -0.05) is 12.1 Å². The highest BCUT2D eigenvalue weighted by molar-refractivity contribution is 5.91. The highest BCUT2D eigenvalue weighted by Gasteiger charge is 2.35. The molecular weight excluding hydrogens is 371 g/mol. The molecule has 0 saturated heterocycles. The standard InChI is InChI=1S/C17H12F3NO6/c18-17(19,20)14-4-2-1-3-13(14)16(22)26-8-11-6-12(21(23)24)5-10-7-25-9-27-15(10)11/h1-6H,7-9H2.